The van der Waals surface area contributed by atoms with Gasteiger partial charge in [0.05, 0.1) is 24.2 Å². The first kappa shape index (κ1) is 22.2. The quantitative estimate of drug-likeness (QED) is 0.328. The number of carbonyl (C=O) groups is 3. The Morgan fingerprint density at radius 3 is 2.65 bits per heavy atom. The topological polar surface area (TPSA) is 125 Å². The van der Waals surface area contributed by atoms with E-state index in [0.717, 1.165) is 0 Å². The molecule has 2 aliphatic rings. The van der Waals surface area contributed by atoms with E-state index >= 15 is 0 Å². The van der Waals surface area contributed by atoms with E-state index in [0.29, 0.717) is 23.4 Å². The van der Waals surface area contributed by atoms with Gasteiger partial charge in [-0.1, -0.05) is 19.1 Å². The summed E-state index contributed by atoms with van der Waals surface area (Å²) in [6.07, 6.45) is 0.389. The van der Waals surface area contributed by atoms with Gasteiger partial charge in [-0.2, -0.15) is 0 Å². The number of hydrogen-bond donors (Lipinski definition) is 1. The molecule has 0 saturated carbocycles. The van der Waals surface area contributed by atoms with Crippen LogP contribution in [0.3, 0.4) is 0 Å². The molecule has 1 aliphatic heterocycles. The highest BCUT2D eigenvalue weighted by molar-refractivity contribution is 6.12. The molecule has 0 saturated heterocycles. The van der Waals surface area contributed by atoms with E-state index in [4.69, 9.17) is 9.47 Å². The van der Waals surface area contributed by atoms with Gasteiger partial charge in [0.15, 0.2) is 5.78 Å². The van der Waals surface area contributed by atoms with Crippen LogP contribution in [0.15, 0.2) is 46.8 Å². The van der Waals surface area contributed by atoms with E-state index in [9.17, 15) is 24.5 Å². The Morgan fingerprint density at radius 1 is 1.32 bits per heavy atom. The molecule has 9 heteroatoms. The van der Waals surface area contributed by atoms with Gasteiger partial charge in [-0.15, -0.1) is 0 Å². The molecule has 1 N–H and O–H groups in total. The summed E-state index contributed by atoms with van der Waals surface area (Å²) in [7, 11) is 1.22. The van der Waals surface area contributed by atoms with Crippen LogP contribution in [0.4, 0.5) is 5.69 Å². The van der Waals surface area contributed by atoms with Crippen molar-refractivity contribution in [1.29, 1.82) is 0 Å². The second kappa shape index (κ2) is 8.71. The number of dihydropyridines is 1. The first-order valence-corrected chi connectivity index (χ1v) is 9.95. The molecule has 164 valence electrons. The van der Waals surface area contributed by atoms with E-state index in [2.05, 4.69) is 5.32 Å². The number of nitro groups is 1. The van der Waals surface area contributed by atoms with Crippen molar-refractivity contribution in [2.45, 2.75) is 33.1 Å². The molecule has 1 aromatic rings. The van der Waals surface area contributed by atoms with Gasteiger partial charge in [-0.25, -0.2) is 4.79 Å². The molecule has 3 atom stereocenters. The van der Waals surface area contributed by atoms with Crippen LogP contribution in [0.5, 0.6) is 0 Å². The van der Waals surface area contributed by atoms with Gasteiger partial charge in [0.2, 0.25) is 0 Å². The summed E-state index contributed by atoms with van der Waals surface area (Å²) in [5.74, 6) is -3.97. The minimum atomic E-state index is -1.02. The van der Waals surface area contributed by atoms with Crippen molar-refractivity contribution in [2.24, 2.45) is 11.8 Å². The molecule has 0 unspecified atom stereocenters. The molecule has 0 fully saturated rings. The molecule has 1 aromatic carbocycles. The number of methoxy groups -OCH3 is 1. The highest BCUT2D eigenvalue weighted by atomic mass is 16.6. The van der Waals surface area contributed by atoms with Crippen LogP contribution < -0.4 is 5.32 Å². The second-order valence-electron chi connectivity index (χ2n) is 7.61. The standard InChI is InChI=1S/C22H24N2O7/c1-5-31-22(27)17-12(3)23-15-9-11(2)16(21(26)30-4)20(25)19(15)18(17)13-7-6-8-14(10-13)24(28)29/h6-8,10-11,16,18,23H,5,9H2,1-4H3/t11-,16+,18-/m1/s1. The third-order valence-corrected chi connectivity index (χ3v) is 5.65. The fourth-order valence-electron chi connectivity index (χ4n) is 4.31. The van der Waals surface area contributed by atoms with Gasteiger partial charge < -0.3 is 14.8 Å². The van der Waals surface area contributed by atoms with Gasteiger partial charge in [0.25, 0.3) is 5.69 Å². The summed E-state index contributed by atoms with van der Waals surface area (Å²) in [4.78, 5) is 49.5. The van der Waals surface area contributed by atoms with Crippen molar-refractivity contribution in [3.8, 4) is 0 Å². The number of nitro benzene ring substituents is 1. The van der Waals surface area contributed by atoms with E-state index in [-0.39, 0.29) is 29.4 Å². The number of Topliss-reactive ketones (excluding diaryl/α,β-unsaturated/α-hetero) is 1. The van der Waals surface area contributed by atoms with Crippen LogP contribution in [-0.2, 0) is 23.9 Å². The van der Waals surface area contributed by atoms with E-state index in [1.165, 1.54) is 25.3 Å². The average Bonchev–Trinajstić information content (AvgIpc) is 2.72. The Hall–Kier alpha value is -3.49. The molecule has 0 radical (unpaired) electrons. The summed E-state index contributed by atoms with van der Waals surface area (Å²) in [5.41, 5.74) is 1.76. The van der Waals surface area contributed by atoms with Crippen LogP contribution in [0, 0.1) is 22.0 Å². The molecule has 0 aromatic heterocycles. The lowest BCUT2D eigenvalue weighted by Gasteiger charge is -2.38. The number of ether oxygens (including phenoxy) is 2. The highest BCUT2D eigenvalue weighted by Crippen LogP contribution is 2.45. The number of rotatable bonds is 5. The first-order chi connectivity index (χ1) is 14.7. The number of benzene rings is 1. The van der Waals surface area contributed by atoms with Crippen LogP contribution in [0.25, 0.3) is 0 Å². The normalized spacial score (nSPS) is 23.1. The number of ketones is 1. The number of carbonyl (C=O) groups excluding carboxylic acids is 3. The zero-order valence-electron chi connectivity index (χ0n) is 17.8. The zero-order valence-corrected chi connectivity index (χ0v) is 17.8. The predicted molar refractivity (Wildman–Crippen MR) is 110 cm³/mol. The fraction of sp³-hybridized carbons (Fsp3) is 0.409. The largest absolute Gasteiger partial charge is 0.468 e. The Bertz CT molecular complexity index is 1020. The predicted octanol–water partition coefficient (Wildman–Crippen LogP) is 2.77. The summed E-state index contributed by atoms with van der Waals surface area (Å²) >= 11 is 0. The molecule has 9 nitrogen and oxygen atoms in total. The van der Waals surface area contributed by atoms with Crippen molar-refractivity contribution in [2.75, 3.05) is 13.7 Å². The summed E-state index contributed by atoms with van der Waals surface area (Å²) in [6.45, 7) is 5.27. The van der Waals surface area contributed by atoms with Crippen molar-refractivity contribution in [1.82, 2.24) is 5.32 Å². The summed E-state index contributed by atoms with van der Waals surface area (Å²) < 4.78 is 10.1. The number of non-ortho nitro benzene ring substituents is 1. The van der Waals surface area contributed by atoms with Gasteiger partial charge >= 0.3 is 11.9 Å². The SMILES string of the molecule is CCOC(=O)C1=C(C)NC2=C(C(=O)[C@@H](C(=O)OC)[C@H](C)C2)[C@@H]1c1cccc([N+](=O)[O-])c1. The van der Waals surface area contributed by atoms with Crippen molar-refractivity contribution >= 4 is 23.4 Å². The lowest BCUT2D eigenvalue weighted by Crippen LogP contribution is -2.43. The van der Waals surface area contributed by atoms with Crippen molar-refractivity contribution in [3.05, 3.63) is 62.5 Å². The minimum Gasteiger partial charge on any atom is -0.468 e. The highest BCUT2D eigenvalue weighted by Gasteiger charge is 2.47. The monoisotopic (exact) mass is 428 g/mol. The average molecular weight is 428 g/mol. The molecule has 1 aliphatic carbocycles. The fourth-order valence-corrected chi connectivity index (χ4v) is 4.31. The van der Waals surface area contributed by atoms with Gasteiger partial charge in [-0.05, 0) is 31.7 Å². The lowest BCUT2D eigenvalue weighted by molar-refractivity contribution is -0.384. The molecule has 1 heterocycles. The molecule has 0 amide bonds. The van der Waals surface area contributed by atoms with E-state index in [1.54, 1.807) is 26.8 Å². The van der Waals surface area contributed by atoms with Gasteiger partial charge in [0.1, 0.15) is 5.92 Å². The van der Waals surface area contributed by atoms with Gasteiger partial charge in [-0.3, -0.25) is 19.7 Å². The minimum absolute atomic E-state index is 0.124. The molecular formula is C22H24N2O7. The molecular weight excluding hydrogens is 404 g/mol. The summed E-state index contributed by atoms with van der Waals surface area (Å²) in [5, 5.41) is 14.5. The molecule has 3 rings (SSSR count). The third kappa shape index (κ3) is 3.95. The molecule has 0 spiro atoms. The number of allylic oxidation sites excluding steroid dienone is 3. The second-order valence-corrected chi connectivity index (χ2v) is 7.61. The number of nitrogens with one attached hydrogen (secondary N) is 1. The Kier molecular flexibility index (Phi) is 6.24. The Labute approximate surface area is 179 Å². The maximum Gasteiger partial charge on any atom is 0.336 e. The maximum atomic E-state index is 13.5. The lowest BCUT2D eigenvalue weighted by atomic mass is 9.69. The first-order valence-electron chi connectivity index (χ1n) is 9.95. The van der Waals surface area contributed by atoms with Crippen LogP contribution in [0.1, 0.15) is 38.7 Å². The maximum absolute atomic E-state index is 13.5. The number of nitrogens with zero attached hydrogens (tertiary/aromatic N) is 1. The van der Waals surface area contributed by atoms with Crippen LogP contribution >= 0.6 is 0 Å². The van der Waals surface area contributed by atoms with Crippen LogP contribution in [0.2, 0.25) is 0 Å². The van der Waals surface area contributed by atoms with Crippen molar-refractivity contribution in [3.63, 3.8) is 0 Å². The van der Waals surface area contributed by atoms with Crippen molar-refractivity contribution < 1.29 is 28.8 Å². The van der Waals surface area contributed by atoms with E-state index in [1.807, 2.05) is 0 Å². The van der Waals surface area contributed by atoms with Gasteiger partial charge in [0, 0.05) is 35.0 Å². The number of hydrogen-bond acceptors (Lipinski definition) is 8. The Morgan fingerprint density at radius 2 is 2.03 bits per heavy atom. The molecule has 0 bridgehead atoms. The zero-order chi connectivity index (χ0) is 22.9. The summed E-state index contributed by atoms with van der Waals surface area (Å²) in [6, 6.07) is 5.80. The smallest absolute Gasteiger partial charge is 0.336 e. The Balaban J connectivity index is 2.22. The third-order valence-electron chi connectivity index (χ3n) is 5.65. The number of esters is 2. The van der Waals surface area contributed by atoms with E-state index < -0.39 is 34.5 Å². The molecule has 31 heavy (non-hydrogen) atoms. The van der Waals surface area contributed by atoms with Crippen LogP contribution in [-0.4, -0.2) is 36.4 Å².